The van der Waals surface area contributed by atoms with Gasteiger partial charge in [-0.2, -0.15) is 0 Å². The molecule has 6 nitrogen and oxygen atoms in total. The van der Waals surface area contributed by atoms with Crippen molar-refractivity contribution in [2.45, 2.75) is 26.7 Å². The van der Waals surface area contributed by atoms with Gasteiger partial charge >= 0.3 is 0 Å². The van der Waals surface area contributed by atoms with Gasteiger partial charge in [0.15, 0.2) is 5.69 Å². The molecule has 0 aliphatic carbocycles. The van der Waals surface area contributed by atoms with Crippen LogP contribution in [0, 0.1) is 11.7 Å². The van der Waals surface area contributed by atoms with Crippen LogP contribution in [0.2, 0.25) is 0 Å². The molecule has 7 heteroatoms. The first-order valence-electron chi connectivity index (χ1n) is 9.74. The van der Waals surface area contributed by atoms with Gasteiger partial charge in [0.1, 0.15) is 5.82 Å². The molecular formula is C22H25FN4O2. The average Bonchev–Trinajstić information content (AvgIpc) is 3.09. The Morgan fingerprint density at radius 1 is 1.03 bits per heavy atom. The summed E-state index contributed by atoms with van der Waals surface area (Å²) in [7, 11) is 0. The van der Waals surface area contributed by atoms with Gasteiger partial charge < -0.3 is 10.6 Å². The Kier molecular flexibility index (Phi) is 6.59. The quantitative estimate of drug-likeness (QED) is 0.614. The van der Waals surface area contributed by atoms with Crippen molar-refractivity contribution in [2.75, 3.05) is 13.1 Å². The molecule has 2 heterocycles. The second-order valence-electron chi connectivity index (χ2n) is 7.28. The van der Waals surface area contributed by atoms with E-state index in [1.165, 1.54) is 6.07 Å². The fourth-order valence-corrected chi connectivity index (χ4v) is 3.01. The lowest BCUT2D eigenvalue weighted by molar-refractivity contribution is 0.0943. The van der Waals surface area contributed by atoms with Crippen molar-refractivity contribution in [1.82, 2.24) is 20.0 Å². The highest BCUT2D eigenvalue weighted by Crippen LogP contribution is 2.14. The lowest BCUT2D eigenvalue weighted by Crippen LogP contribution is -2.28. The summed E-state index contributed by atoms with van der Waals surface area (Å²) < 4.78 is 15.3. The van der Waals surface area contributed by atoms with Crippen molar-refractivity contribution in [1.29, 1.82) is 0 Å². The topological polar surface area (TPSA) is 75.5 Å². The zero-order valence-corrected chi connectivity index (χ0v) is 16.6. The Balaban J connectivity index is 1.72. The Bertz CT molecular complexity index is 1010. The zero-order chi connectivity index (χ0) is 20.8. The second-order valence-corrected chi connectivity index (χ2v) is 7.28. The van der Waals surface area contributed by atoms with Gasteiger partial charge in [0.05, 0.1) is 5.52 Å². The number of benzene rings is 1. The Hall–Kier alpha value is -3.22. The van der Waals surface area contributed by atoms with E-state index in [-0.39, 0.29) is 29.8 Å². The first-order chi connectivity index (χ1) is 14.0. The van der Waals surface area contributed by atoms with Gasteiger partial charge in [-0.1, -0.05) is 38.1 Å². The molecule has 0 fully saturated rings. The van der Waals surface area contributed by atoms with Crippen LogP contribution in [-0.4, -0.2) is 34.3 Å². The van der Waals surface area contributed by atoms with Crippen molar-refractivity contribution < 1.29 is 14.0 Å². The fraction of sp³-hybridized carbons (Fsp3) is 0.318. The Morgan fingerprint density at radius 2 is 1.76 bits per heavy atom. The van der Waals surface area contributed by atoms with Crippen LogP contribution in [0.25, 0.3) is 5.52 Å². The van der Waals surface area contributed by atoms with Gasteiger partial charge in [-0.05, 0) is 42.5 Å². The standard InChI is InChI=1S/C22H25FN4O2/c1-15(2)10-12-24-21(28)19-18-9-5-6-14-27(18)20(26-19)22(29)25-13-11-16-7-3-4-8-17(16)23/h3-9,14-15H,10-13H2,1-2H3,(H,24,28)(H,25,29). The number of fused-ring (bicyclic) bond motifs is 1. The number of hydrogen-bond acceptors (Lipinski definition) is 3. The number of rotatable bonds is 8. The zero-order valence-electron chi connectivity index (χ0n) is 16.6. The predicted molar refractivity (Wildman–Crippen MR) is 109 cm³/mol. The lowest BCUT2D eigenvalue weighted by atomic mass is 10.1. The molecule has 0 saturated carbocycles. The van der Waals surface area contributed by atoms with Crippen LogP contribution in [0.3, 0.4) is 0 Å². The van der Waals surface area contributed by atoms with Gasteiger partial charge in [0.25, 0.3) is 11.8 Å². The highest BCUT2D eigenvalue weighted by Gasteiger charge is 2.21. The summed E-state index contributed by atoms with van der Waals surface area (Å²) in [5, 5.41) is 5.61. The molecule has 1 aromatic carbocycles. The minimum atomic E-state index is -0.413. The normalized spacial score (nSPS) is 11.0. The van der Waals surface area contributed by atoms with E-state index in [9.17, 15) is 14.0 Å². The Labute approximate surface area is 169 Å². The number of nitrogens with zero attached hydrogens (tertiary/aromatic N) is 2. The summed E-state index contributed by atoms with van der Waals surface area (Å²) in [6.45, 7) is 4.98. The molecule has 2 amide bonds. The summed E-state index contributed by atoms with van der Waals surface area (Å²) in [6, 6.07) is 11.8. The maximum Gasteiger partial charge on any atom is 0.287 e. The molecule has 0 atom stereocenters. The maximum atomic E-state index is 13.7. The van der Waals surface area contributed by atoms with Crippen LogP contribution < -0.4 is 10.6 Å². The summed E-state index contributed by atoms with van der Waals surface area (Å²) in [5.41, 5.74) is 1.31. The number of halogens is 1. The molecule has 2 aromatic heterocycles. The third-order valence-electron chi connectivity index (χ3n) is 4.61. The van der Waals surface area contributed by atoms with Gasteiger partial charge in [-0.3, -0.25) is 14.0 Å². The highest BCUT2D eigenvalue weighted by molar-refractivity contribution is 6.02. The van der Waals surface area contributed by atoms with Crippen molar-refractivity contribution in [3.63, 3.8) is 0 Å². The first-order valence-corrected chi connectivity index (χ1v) is 9.74. The van der Waals surface area contributed by atoms with E-state index in [4.69, 9.17) is 0 Å². The van der Waals surface area contributed by atoms with E-state index >= 15 is 0 Å². The number of amides is 2. The predicted octanol–water partition coefficient (Wildman–Crippen LogP) is 3.22. The minimum absolute atomic E-state index is 0.128. The summed E-state index contributed by atoms with van der Waals surface area (Å²) in [5.74, 6) is -0.412. The largest absolute Gasteiger partial charge is 0.351 e. The first kappa shape index (κ1) is 20.5. The maximum absolute atomic E-state index is 13.7. The van der Waals surface area contributed by atoms with Gasteiger partial charge in [-0.25, -0.2) is 9.37 Å². The SMILES string of the molecule is CC(C)CCNC(=O)c1nc(C(=O)NCCc2ccccc2F)n2ccccc12. The number of carbonyl (C=O) groups is 2. The molecule has 2 N–H and O–H groups in total. The number of carbonyl (C=O) groups excluding carboxylic acids is 2. The summed E-state index contributed by atoms with van der Waals surface area (Å²) >= 11 is 0. The monoisotopic (exact) mass is 396 g/mol. The van der Waals surface area contributed by atoms with E-state index in [2.05, 4.69) is 29.5 Å². The number of hydrogen-bond donors (Lipinski definition) is 2. The van der Waals surface area contributed by atoms with E-state index < -0.39 is 5.91 Å². The van der Waals surface area contributed by atoms with Crippen LogP contribution in [-0.2, 0) is 6.42 Å². The van der Waals surface area contributed by atoms with Crippen LogP contribution in [0.15, 0.2) is 48.7 Å². The minimum Gasteiger partial charge on any atom is -0.351 e. The molecule has 0 aliphatic rings. The molecule has 0 bridgehead atoms. The van der Waals surface area contributed by atoms with Gasteiger partial charge in [-0.15, -0.1) is 0 Å². The van der Waals surface area contributed by atoms with E-state index in [0.717, 1.165) is 6.42 Å². The fourth-order valence-electron chi connectivity index (χ4n) is 3.01. The van der Waals surface area contributed by atoms with Crippen molar-refractivity contribution in [3.8, 4) is 0 Å². The van der Waals surface area contributed by atoms with E-state index in [1.54, 1.807) is 47.0 Å². The number of pyridine rings is 1. The van der Waals surface area contributed by atoms with Crippen LogP contribution in [0.1, 0.15) is 46.9 Å². The third-order valence-corrected chi connectivity index (χ3v) is 4.61. The number of imidazole rings is 1. The second kappa shape index (κ2) is 9.32. The van der Waals surface area contributed by atoms with Crippen molar-refractivity contribution >= 4 is 17.3 Å². The molecule has 0 saturated heterocycles. The average molecular weight is 396 g/mol. The highest BCUT2D eigenvalue weighted by atomic mass is 19.1. The van der Waals surface area contributed by atoms with Gasteiger partial charge in [0, 0.05) is 19.3 Å². The Morgan fingerprint density at radius 3 is 2.52 bits per heavy atom. The molecule has 29 heavy (non-hydrogen) atoms. The van der Waals surface area contributed by atoms with Crippen molar-refractivity contribution in [2.24, 2.45) is 5.92 Å². The molecule has 0 unspecified atom stereocenters. The molecule has 0 radical (unpaired) electrons. The van der Waals surface area contributed by atoms with Crippen LogP contribution in [0.5, 0.6) is 0 Å². The molecule has 0 spiro atoms. The summed E-state index contributed by atoms with van der Waals surface area (Å²) in [4.78, 5) is 29.5. The van der Waals surface area contributed by atoms with Gasteiger partial charge in [0.2, 0.25) is 5.82 Å². The van der Waals surface area contributed by atoms with E-state index in [1.807, 2.05) is 0 Å². The van der Waals surface area contributed by atoms with Crippen LogP contribution in [0.4, 0.5) is 4.39 Å². The lowest BCUT2D eigenvalue weighted by Gasteiger charge is -2.05. The van der Waals surface area contributed by atoms with Crippen molar-refractivity contribution in [3.05, 3.63) is 71.6 Å². The van der Waals surface area contributed by atoms with E-state index in [0.29, 0.717) is 30.0 Å². The molecular weight excluding hydrogens is 371 g/mol. The molecule has 152 valence electrons. The smallest absolute Gasteiger partial charge is 0.287 e. The molecule has 3 aromatic rings. The summed E-state index contributed by atoms with van der Waals surface area (Å²) in [6.07, 6.45) is 2.92. The molecule has 0 aliphatic heterocycles. The number of nitrogens with one attached hydrogen (secondary N) is 2. The third kappa shape index (κ3) is 4.99. The molecule has 3 rings (SSSR count). The van der Waals surface area contributed by atoms with Crippen LogP contribution >= 0.6 is 0 Å². The number of aromatic nitrogens is 2.